The van der Waals surface area contributed by atoms with Crippen LogP contribution < -0.4 is 10.9 Å². The summed E-state index contributed by atoms with van der Waals surface area (Å²) in [5.74, 6) is -0.505. The summed E-state index contributed by atoms with van der Waals surface area (Å²) in [5, 5.41) is 4.08. The van der Waals surface area contributed by atoms with Gasteiger partial charge in [0.25, 0.3) is 0 Å². The van der Waals surface area contributed by atoms with Crippen molar-refractivity contribution in [3.05, 3.63) is 82.2 Å². The Bertz CT molecular complexity index is 990. The maximum Gasteiger partial charge on any atom is 0.345 e. The van der Waals surface area contributed by atoms with E-state index in [1.54, 1.807) is 19.1 Å². The molecule has 3 rings (SSSR count). The summed E-state index contributed by atoms with van der Waals surface area (Å²) in [4.78, 5) is 24.0. The van der Waals surface area contributed by atoms with Crippen LogP contribution in [-0.2, 0) is 16.1 Å². The molecule has 5 heteroatoms. The van der Waals surface area contributed by atoms with Crippen LogP contribution in [-0.4, -0.2) is 12.6 Å². The number of para-hydroxylation sites is 1. The second kappa shape index (κ2) is 8.16. The third-order valence-corrected chi connectivity index (χ3v) is 3.83. The number of ether oxygens (including phenoxy) is 1. The topological polar surface area (TPSA) is 68.5 Å². The summed E-state index contributed by atoms with van der Waals surface area (Å²) in [6.07, 6.45) is 2.67. The molecule has 5 nitrogen and oxygen atoms in total. The van der Waals surface area contributed by atoms with E-state index in [-0.39, 0.29) is 12.2 Å². The van der Waals surface area contributed by atoms with Crippen molar-refractivity contribution in [1.82, 2.24) is 0 Å². The standard InChI is InChI=1S/C21H19NO4/c1-2-25-19(23)13-12-17-20(22-14-15-8-4-3-5-9-15)16-10-6-7-11-18(16)26-21(17)24/h3-13,22H,2,14H2,1H3/b13-12+. The highest BCUT2D eigenvalue weighted by Gasteiger charge is 2.13. The molecule has 0 atom stereocenters. The molecule has 0 aliphatic rings. The highest BCUT2D eigenvalue weighted by molar-refractivity contribution is 5.96. The number of carbonyl (C=O) groups excluding carboxylic acids is 1. The van der Waals surface area contributed by atoms with E-state index in [4.69, 9.17) is 9.15 Å². The van der Waals surface area contributed by atoms with E-state index in [0.717, 1.165) is 10.9 Å². The molecule has 0 fully saturated rings. The first kappa shape index (κ1) is 17.5. The van der Waals surface area contributed by atoms with Crippen LogP contribution in [0.15, 0.2) is 69.9 Å². The number of nitrogens with one attached hydrogen (secondary N) is 1. The minimum Gasteiger partial charge on any atom is -0.463 e. The second-order valence-electron chi connectivity index (χ2n) is 5.60. The van der Waals surface area contributed by atoms with Crippen molar-refractivity contribution < 1.29 is 13.9 Å². The summed E-state index contributed by atoms with van der Waals surface area (Å²) in [5.41, 5.74) is 1.96. The van der Waals surface area contributed by atoms with Gasteiger partial charge in [0, 0.05) is 18.0 Å². The van der Waals surface area contributed by atoms with Crippen LogP contribution in [0, 0.1) is 0 Å². The van der Waals surface area contributed by atoms with Gasteiger partial charge in [0.05, 0.1) is 17.9 Å². The normalized spacial score (nSPS) is 11.0. The first-order valence-corrected chi connectivity index (χ1v) is 8.37. The Labute approximate surface area is 150 Å². The molecule has 0 aliphatic heterocycles. The van der Waals surface area contributed by atoms with Crippen molar-refractivity contribution in [2.75, 3.05) is 11.9 Å². The number of hydrogen-bond acceptors (Lipinski definition) is 5. The fourth-order valence-electron chi connectivity index (χ4n) is 2.63. The van der Waals surface area contributed by atoms with Crippen LogP contribution in [0.4, 0.5) is 5.69 Å². The smallest absolute Gasteiger partial charge is 0.345 e. The van der Waals surface area contributed by atoms with Crippen molar-refractivity contribution in [2.45, 2.75) is 13.5 Å². The summed E-state index contributed by atoms with van der Waals surface area (Å²) in [6, 6.07) is 17.1. The SMILES string of the molecule is CCOC(=O)/C=C/c1c(NCc2ccccc2)c2ccccc2oc1=O. The zero-order chi connectivity index (χ0) is 18.4. The van der Waals surface area contributed by atoms with Crippen molar-refractivity contribution in [2.24, 2.45) is 0 Å². The molecule has 26 heavy (non-hydrogen) atoms. The Morgan fingerprint density at radius 1 is 1.12 bits per heavy atom. The lowest BCUT2D eigenvalue weighted by atomic mass is 10.1. The molecule has 3 aromatic rings. The van der Waals surface area contributed by atoms with Gasteiger partial charge in [0.2, 0.25) is 0 Å². The molecule has 0 aliphatic carbocycles. The largest absolute Gasteiger partial charge is 0.463 e. The summed E-state index contributed by atoms with van der Waals surface area (Å²) < 4.78 is 10.3. The minimum absolute atomic E-state index is 0.272. The van der Waals surface area contributed by atoms with E-state index in [0.29, 0.717) is 17.8 Å². The number of esters is 1. The van der Waals surface area contributed by atoms with Gasteiger partial charge in [-0.3, -0.25) is 0 Å². The minimum atomic E-state index is -0.514. The van der Waals surface area contributed by atoms with Crippen molar-refractivity contribution in [3.63, 3.8) is 0 Å². The Morgan fingerprint density at radius 2 is 1.85 bits per heavy atom. The molecule has 0 saturated heterocycles. The molecular formula is C21H19NO4. The van der Waals surface area contributed by atoms with E-state index in [1.807, 2.05) is 42.5 Å². The quantitative estimate of drug-likeness (QED) is 0.414. The lowest BCUT2D eigenvalue weighted by Gasteiger charge is -2.12. The van der Waals surface area contributed by atoms with Gasteiger partial charge < -0.3 is 14.5 Å². The zero-order valence-corrected chi connectivity index (χ0v) is 14.4. The van der Waals surface area contributed by atoms with Gasteiger partial charge in [-0.25, -0.2) is 9.59 Å². The van der Waals surface area contributed by atoms with Gasteiger partial charge in [0.15, 0.2) is 0 Å². The Morgan fingerprint density at radius 3 is 2.62 bits per heavy atom. The first-order valence-electron chi connectivity index (χ1n) is 8.37. The molecule has 0 unspecified atom stereocenters. The van der Waals surface area contributed by atoms with Crippen LogP contribution in [0.3, 0.4) is 0 Å². The molecule has 1 heterocycles. The average Bonchev–Trinajstić information content (AvgIpc) is 2.66. The van der Waals surface area contributed by atoms with Gasteiger partial charge in [-0.15, -0.1) is 0 Å². The summed E-state index contributed by atoms with van der Waals surface area (Å²) >= 11 is 0. The maximum absolute atomic E-state index is 12.4. The van der Waals surface area contributed by atoms with Crippen molar-refractivity contribution in [1.29, 1.82) is 0 Å². The van der Waals surface area contributed by atoms with E-state index in [2.05, 4.69) is 5.32 Å². The number of fused-ring (bicyclic) bond motifs is 1. The van der Waals surface area contributed by atoms with Crippen molar-refractivity contribution >= 4 is 28.7 Å². The van der Waals surface area contributed by atoms with Gasteiger partial charge in [-0.05, 0) is 30.7 Å². The lowest BCUT2D eigenvalue weighted by molar-refractivity contribution is -0.137. The average molecular weight is 349 g/mol. The summed E-state index contributed by atoms with van der Waals surface area (Å²) in [6.45, 7) is 2.53. The van der Waals surface area contributed by atoms with Crippen LogP contribution >= 0.6 is 0 Å². The predicted molar refractivity (Wildman–Crippen MR) is 102 cm³/mol. The number of benzene rings is 2. The number of rotatable bonds is 6. The molecule has 0 amide bonds. The highest BCUT2D eigenvalue weighted by Crippen LogP contribution is 2.26. The van der Waals surface area contributed by atoms with Gasteiger partial charge in [-0.1, -0.05) is 42.5 Å². The number of carbonyl (C=O) groups is 1. The van der Waals surface area contributed by atoms with Gasteiger partial charge in [-0.2, -0.15) is 0 Å². The van der Waals surface area contributed by atoms with E-state index < -0.39 is 11.6 Å². The summed E-state index contributed by atoms with van der Waals surface area (Å²) in [7, 11) is 0. The second-order valence-corrected chi connectivity index (χ2v) is 5.60. The van der Waals surface area contributed by atoms with Crippen LogP contribution in [0.1, 0.15) is 18.1 Å². The van der Waals surface area contributed by atoms with E-state index >= 15 is 0 Å². The highest BCUT2D eigenvalue weighted by atomic mass is 16.5. The molecular weight excluding hydrogens is 330 g/mol. The van der Waals surface area contributed by atoms with Crippen molar-refractivity contribution in [3.8, 4) is 0 Å². The number of anilines is 1. The van der Waals surface area contributed by atoms with Crippen LogP contribution in [0.25, 0.3) is 17.0 Å². The molecule has 0 radical (unpaired) electrons. The van der Waals surface area contributed by atoms with E-state index in [1.165, 1.54) is 12.2 Å². The number of hydrogen-bond donors (Lipinski definition) is 1. The molecule has 1 N–H and O–H groups in total. The van der Waals surface area contributed by atoms with Crippen LogP contribution in [0.2, 0.25) is 0 Å². The maximum atomic E-state index is 12.4. The Hall–Kier alpha value is -3.34. The van der Waals surface area contributed by atoms with E-state index in [9.17, 15) is 9.59 Å². The fraction of sp³-hybridized carbons (Fsp3) is 0.143. The predicted octanol–water partition coefficient (Wildman–Crippen LogP) is 3.98. The molecule has 0 spiro atoms. The molecule has 1 aromatic heterocycles. The molecule has 0 saturated carbocycles. The molecule has 2 aromatic carbocycles. The third kappa shape index (κ3) is 4.00. The Kier molecular flexibility index (Phi) is 5.49. The fourth-order valence-corrected chi connectivity index (χ4v) is 2.63. The monoisotopic (exact) mass is 349 g/mol. The third-order valence-electron chi connectivity index (χ3n) is 3.83. The Balaban J connectivity index is 2.03. The van der Waals surface area contributed by atoms with Crippen LogP contribution in [0.5, 0.6) is 0 Å². The van der Waals surface area contributed by atoms with Gasteiger partial charge in [0.1, 0.15) is 5.58 Å². The zero-order valence-electron chi connectivity index (χ0n) is 14.4. The molecule has 132 valence electrons. The lowest BCUT2D eigenvalue weighted by Crippen LogP contribution is -2.11. The first-order chi connectivity index (χ1) is 12.7. The van der Waals surface area contributed by atoms with Gasteiger partial charge >= 0.3 is 11.6 Å². The molecule has 0 bridgehead atoms.